The summed E-state index contributed by atoms with van der Waals surface area (Å²) in [6, 6.07) is 0.857. The smallest absolute Gasteiger partial charge is 0.186 e. The van der Waals surface area contributed by atoms with Crippen molar-refractivity contribution in [3.8, 4) is 0 Å². The Labute approximate surface area is 117 Å². The quantitative estimate of drug-likeness (QED) is 0.876. The zero-order chi connectivity index (χ0) is 13.2. The van der Waals surface area contributed by atoms with Gasteiger partial charge in [-0.2, -0.15) is 0 Å². The first-order chi connectivity index (χ1) is 9.31. The van der Waals surface area contributed by atoms with Gasteiger partial charge < -0.3 is 14.7 Å². The minimum atomic E-state index is 0.0540. The first-order valence-corrected chi connectivity index (χ1v) is 7.71. The van der Waals surface area contributed by atoms with Gasteiger partial charge in [0, 0.05) is 39.3 Å². The van der Waals surface area contributed by atoms with E-state index in [1.54, 1.807) is 18.4 Å². The van der Waals surface area contributed by atoms with E-state index in [0.717, 1.165) is 47.9 Å². The number of nitrogens with zero attached hydrogens (tertiary/aromatic N) is 3. The van der Waals surface area contributed by atoms with Gasteiger partial charge in [0.15, 0.2) is 5.13 Å². The lowest BCUT2D eigenvalue weighted by Crippen LogP contribution is -2.47. The van der Waals surface area contributed by atoms with Crippen LogP contribution in [-0.4, -0.2) is 54.3 Å². The van der Waals surface area contributed by atoms with Gasteiger partial charge in [-0.05, 0) is 12.8 Å². The number of hydrogen-bond donors (Lipinski definition) is 1. The van der Waals surface area contributed by atoms with Gasteiger partial charge in [-0.15, -0.1) is 0 Å². The third-order valence-corrected chi connectivity index (χ3v) is 4.98. The highest BCUT2D eigenvalue weighted by molar-refractivity contribution is 7.15. The van der Waals surface area contributed by atoms with Crippen LogP contribution in [0.15, 0.2) is 0 Å². The Bertz CT molecular complexity index is 426. The Morgan fingerprint density at radius 2 is 2.05 bits per heavy atom. The molecule has 0 bridgehead atoms. The van der Waals surface area contributed by atoms with E-state index in [-0.39, 0.29) is 6.61 Å². The van der Waals surface area contributed by atoms with Crippen LogP contribution in [0.3, 0.4) is 0 Å². The minimum absolute atomic E-state index is 0.0540. The van der Waals surface area contributed by atoms with Crippen LogP contribution in [0.2, 0.25) is 0 Å². The van der Waals surface area contributed by atoms with Crippen molar-refractivity contribution in [2.45, 2.75) is 32.1 Å². The molecule has 0 radical (unpaired) electrons. The monoisotopic (exact) mass is 283 g/mol. The van der Waals surface area contributed by atoms with Crippen LogP contribution in [0, 0.1) is 0 Å². The summed E-state index contributed by atoms with van der Waals surface area (Å²) in [5, 5.41) is 10.4. The van der Waals surface area contributed by atoms with Gasteiger partial charge in [0.25, 0.3) is 0 Å². The van der Waals surface area contributed by atoms with Crippen LogP contribution in [-0.2, 0) is 18.0 Å². The molecule has 2 heterocycles. The lowest BCUT2D eigenvalue weighted by Gasteiger charge is -2.34. The molecule has 1 aliphatic carbocycles. The van der Waals surface area contributed by atoms with Crippen molar-refractivity contribution in [2.24, 2.45) is 0 Å². The summed E-state index contributed by atoms with van der Waals surface area (Å²) < 4.78 is 5.13. The van der Waals surface area contributed by atoms with Gasteiger partial charge in [0.1, 0.15) is 0 Å². The Hall–Kier alpha value is -0.690. The molecular weight excluding hydrogens is 262 g/mol. The van der Waals surface area contributed by atoms with Crippen LogP contribution in [0.1, 0.15) is 23.4 Å². The number of aliphatic hydroxyl groups is 1. The predicted molar refractivity (Wildman–Crippen MR) is 75.6 cm³/mol. The van der Waals surface area contributed by atoms with Crippen molar-refractivity contribution in [1.82, 2.24) is 9.88 Å². The minimum Gasteiger partial charge on any atom is -0.391 e. The van der Waals surface area contributed by atoms with Crippen LogP contribution < -0.4 is 4.90 Å². The summed E-state index contributed by atoms with van der Waals surface area (Å²) in [6.07, 6.45) is 2.76. The molecule has 1 saturated carbocycles. The van der Waals surface area contributed by atoms with E-state index in [9.17, 15) is 5.11 Å². The van der Waals surface area contributed by atoms with Crippen molar-refractivity contribution < 1.29 is 9.84 Å². The standard InChI is InChI=1S/C13H21N3O2S/c1-18-9-11-12(8-17)19-13(14-11)16-6-4-15(5-7-16)10-2-3-10/h10,17H,2-9H2,1H3. The number of piperazine rings is 1. The first-order valence-electron chi connectivity index (χ1n) is 6.89. The molecule has 2 aliphatic rings. The van der Waals surface area contributed by atoms with Crippen LogP contribution in [0.25, 0.3) is 0 Å². The lowest BCUT2D eigenvalue weighted by molar-refractivity contribution is 0.179. The number of ether oxygens (including phenoxy) is 1. The molecule has 0 atom stereocenters. The maximum atomic E-state index is 9.37. The van der Waals surface area contributed by atoms with Gasteiger partial charge in [0.05, 0.1) is 23.8 Å². The Morgan fingerprint density at radius 3 is 2.63 bits per heavy atom. The Kier molecular flexibility index (Phi) is 4.02. The van der Waals surface area contributed by atoms with E-state index in [1.165, 1.54) is 12.8 Å². The van der Waals surface area contributed by atoms with Gasteiger partial charge in [-0.3, -0.25) is 4.90 Å². The highest BCUT2D eigenvalue weighted by Crippen LogP contribution is 2.31. The average Bonchev–Trinajstić information content (AvgIpc) is 3.21. The maximum Gasteiger partial charge on any atom is 0.186 e. The number of hydrogen-bond acceptors (Lipinski definition) is 6. The molecule has 0 amide bonds. The second-order valence-corrected chi connectivity index (χ2v) is 6.27. The van der Waals surface area contributed by atoms with E-state index < -0.39 is 0 Å². The van der Waals surface area contributed by atoms with Gasteiger partial charge in [0.2, 0.25) is 0 Å². The van der Waals surface area contributed by atoms with E-state index in [2.05, 4.69) is 14.8 Å². The average molecular weight is 283 g/mol. The molecule has 106 valence electrons. The number of rotatable bonds is 5. The number of aliphatic hydroxyl groups excluding tert-OH is 1. The van der Waals surface area contributed by atoms with Crippen molar-refractivity contribution in [3.63, 3.8) is 0 Å². The first kappa shape index (κ1) is 13.3. The van der Waals surface area contributed by atoms with Crippen molar-refractivity contribution in [3.05, 3.63) is 10.6 Å². The molecule has 1 N–H and O–H groups in total. The summed E-state index contributed by atoms with van der Waals surface area (Å²) in [6.45, 7) is 4.89. The van der Waals surface area contributed by atoms with E-state index in [1.807, 2.05) is 0 Å². The zero-order valence-corrected chi connectivity index (χ0v) is 12.2. The molecule has 0 spiro atoms. The van der Waals surface area contributed by atoms with Gasteiger partial charge in [-0.1, -0.05) is 11.3 Å². The SMILES string of the molecule is COCc1nc(N2CCN(C3CC3)CC2)sc1CO. The summed E-state index contributed by atoms with van der Waals surface area (Å²) in [5.74, 6) is 0. The summed E-state index contributed by atoms with van der Waals surface area (Å²) in [5.41, 5.74) is 0.884. The van der Waals surface area contributed by atoms with Crippen LogP contribution in [0.4, 0.5) is 5.13 Å². The molecule has 2 fully saturated rings. The molecule has 1 aromatic rings. The number of methoxy groups -OCH3 is 1. The van der Waals surface area contributed by atoms with Crippen molar-refractivity contribution >= 4 is 16.5 Å². The van der Waals surface area contributed by atoms with Crippen molar-refractivity contribution in [1.29, 1.82) is 0 Å². The predicted octanol–water partition coefficient (Wildman–Crippen LogP) is 1.07. The fourth-order valence-electron chi connectivity index (χ4n) is 2.60. The van der Waals surface area contributed by atoms with Gasteiger partial charge in [-0.25, -0.2) is 4.98 Å². The number of aromatic nitrogens is 1. The number of thiazole rings is 1. The molecule has 3 rings (SSSR count). The maximum absolute atomic E-state index is 9.37. The fraction of sp³-hybridized carbons (Fsp3) is 0.769. The fourth-order valence-corrected chi connectivity index (χ4v) is 3.57. The number of anilines is 1. The molecule has 19 heavy (non-hydrogen) atoms. The normalized spacial score (nSPS) is 21.1. The molecule has 1 aromatic heterocycles. The molecule has 5 nitrogen and oxygen atoms in total. The highest BCUT2D eigenvalue weighted by atomic mass is 32.1. The summed E-state index contributed by atoms with van der Waals surface area (Å²) in [4.78, 5) is 10.5. The molecule has 0 aromatic carbocycles. The third kappa shape index (κ3) is 2.91. The zero-order valence-electron chi connectivity index (χ0n) is 11.3. The highest BCUT2D eigenvalue weighted by Gasteiger charge is 2.31. The second-order valence-electron chi connectivity index (χ2n) is 5.21. The topological polar surface area (TPSA) is 48.8 Å². The lowest BCUT2D eigenvalue weighted by atomic mass is 10.3. The second kappa shape index (κ2) is 5.75. The van der Waals surface area contributed by atoms with E-state index in [0.29, 0.717) is 6.61 Å². The van der Waals surface area contributed by atoms with E-state index >= 15 is 0 Å². The molecule has 0 unspecified atom stereocenters. The largest absolute Gasteiger partial charge is 0.391 e. The molecule has 1 saturated heterocycles. The molecule has 1 aliphatic heterocycles. The van der Waals surface area contributed by atoms with E-state index in [4.69, 9.17) is 4.74 Å². The van der Waals surface area contributed by atoms with Gasteiger partial charge >= 0.3 is 0 Å². The Balaban J connectivity index is 1.65. The van der Waals surface area contributed by atoms with Crippen LogP contribution in [0.5, 0.6) is 0 Å². The molecule has 6 heteroatoms. The molecular formula is C13H21N3O2S. The summed E-state index contributed by atoms with van der Waals surface area (Å²) in [7, 11) is 1.66. The summed E-state index contributed by atoms with van der Waals surface area (Å²) >= 11 is 1.60. The Morgan fingerprint density at radius 1 is 1.32 bits per heavy atom. The van der Waals surface area contributed by atoms with Crippen LogP contribution >= 0.6 is 11.3 Å². The third-order valence-electron chi connectivity index (χ3n) is 3.84. The van der Waals surface area contributed by atoms with Crippen molar-refractivity contribution in [2.75, 3.05) is 38.2 Å².